The minimum atomic E-state index is -0.190. The maximum atomic E-state index is 10.3. The number of ether oxygens (including phenoxy) is 1. The Morgan fingerprint density at radius 3 is 2.50 bits per heavy atom. The van der Waals surface area contributed by atoms with Crippen molar-refractivity contribution in [3.05, 3.63) is 47.1 Å². The van der Waals surface area contributed by atoms with Crippen LogP contribution in [-0.4, -0.2) is 22.5 Å². The van der Waals surface area contributed by atoms with Crippen molar-refractivity contribution in [2.24, 2.45) is 0 Å². The third-order valence-electron chi connectivity index (χ3n) is 4.22. The number of hydrogen-bond acceptors (Lipinski definition) is 5. The van der Waals surface area contributed by atoms with E-state index in [0.29, 0.717) is 11.3 Å². The summed E-state index contributed by atoms with van der Waals surface area (Å²) in [5, 5.41) is 24.3. The van der Waals surface area contributed by atoms with Gasteiger partial charge in [-0.1, -0.05) is 42.2 Å². The summed E-state index contributed by atoms with van der Waals surface area (Å²) in [5.74, 6) is 0.850. The van der Waals surface area contributed by atoms with E-state index in [1.807, 2.05) is 24.3 Å². The fourth-order valence-corrected chi connectivity index (χ4v) is 2.97. The summed E-state index contributed by atoms with van der Waals surface area (Å²) in [7, 11) is 1.61. The van der Waals surface area contributed by atoms with Crippen LogP contribution in [0.25, 0.3) is 22.5 Å². The number of nitrogens with zero attached hydrogens (tertiary/aromatic N) is 1. The Labute approximate surface area is 156 Å². The molecule has 0 saturated heterocycles. The van der Waals surface area contributed by atoms with E-state index in [0.717, 1.165) is 41.8 Å². The molecule has 2 N–H and O–H groups in total. The summed E-state index contributed by atoms with van der Waals surface area (Å²) in [6.45, 7) is 2.11. The molecule has 0 spiro atoms. The lowest BCUT2D eigenvalue weighted by Crippen LogP contribution is -1.91. The van der Waals surface area contributed by atoms with Crippen molar-refractivity contribution < 1.29 is 19.5 Å². The molecule has 136 valence electrons. The fraction of sp³-hybridized carbons (Fsp3) is 0.250. The Morgan fingerprint density at radius 1 is 1.12 bits per heavy atom. The molecule has 1 aromatic heterocycles. The maximum absolute atomic E-state index is 10.3. The van der Waals surface area contributed by atoms with Crippen LogP contribution in [-0.2, 0) is 6.42 Å². The number of hydrogen-bond donors (Lipinski definition) is 2. The molecular formula is C20H20ClNO4. The third-order valence-corrected chi connectivity index (χ3v) is 4.52. The predicted molar refractivity (Wildman–Crippen MR) is 101 cm³/mol. The third kappa shape index (κ3) is 3.48. The van der Waals surface area contributed by atoms with E-state index in [1.165, 1.54) is 12.1 Å². The molecule has 0 saturated carbocycles. The average Bonchev–Trinajstić information content (AvgIpc) is 3.06. The Morgan fingerprint density at radius 2 is 1.85 bits per heavy atom. The summed E-state index contributed by atoms with van der Waals surface area (Å²) in [6, 6.07) is 10.2. The van der Waals surface area contributed by atoms with Gasteiger partial charge in [0.25, 0.3) is 0 Å². The van der Waals surface area contributed by atoms with Gasteiger partial charge in [0.05, 0.1) is 29.0 Å². The Bertz CT molecular complexity index is 903. The lowest BCUT2D eigenvalue weighted by Gasteiger charge is -2.08. The molecule has 0 aliphatic heterocycles. The highest BCUT2D eigenvalue weighted by molar-refractivity contribution is 6.32. The number of aryl methyl sites for hydroxylation is 1. The lowest BCUT2D eigenvalue weighted by atomic mass is 9.97. The number of methoxy groups -OCH3 is 1. The van der Waals surface area contributed by atoms with Crippen LogP contribution in [0, 0.1) is 0 Å². The second-order valence-electron chi connectivity index (χ2n) is 5.99. The minimum Gasteiger partial charge on any atom is -0.507 e. The molecule has 3 aromatic rings. The first-order valence-electron chi connectivity index (χ1n) is 8.40. The molecular weight excluding hydrogens is 354 g/mol. The number of halogens is 1. The largest absolute Gasteiger partial charge is 0.507 e. The first kappa shape index (κ1) is 18.1. The molecule has 6 heteroatoms. The van der Waals surface area contributed by atoms with Crippen LogP contribution in [0.2, 0.25) is 5.02 Å². The van der Waals surface area contributed by atoms with E-state index in [1.54, 1.807) is 7.11 Å². The zero-order valence-electron chi connectivity index (χ0n) is 14.6. The van der Waals surface area contributed by atoms with Gasteiger partial charge < -0.3 is 19.5 Å². The van der Waals surface area contributed by atoms with E-state index in [9.17, 15) is 10.2 Å². The second kappa shape index (κ2) is 7.70. The predicted octanol–water partition coefficient (Wildman–Crippen LogP) is 5.42. The summed E-state index contributed by atoms with van der Waals surface area (Å²) in [4.78, 5) is 0. The lowest BCUT2D eigenvalue weighted by molar-refractivity contribution is 0.414. The standard InChI is InChI=1S/C20H20ClNO4/c1-3-4-5-16-19(12-6-8-13(25-2)9-7-12)20(26-22-16)14-10-15(21)18(24)11-17(14)23/h6-11,23-24H,3-5H2,1-2H3. The molecule has 2 aromatic carbocycles. The summed E-state index contributed by atoms with van der Waals surface area (Å²) in [6.07, 6.45) is 2.76. The van der Waals surface area contributed by atoms with Crippen LogP contribution in [0.3, 0.4) is 0 Å². The quantitative estimate of drug-likeness (QED) is 0.603. The van der Waals surface area contributed by atoms with Gasteiger partial charge in [-0.05, 0) is 36.6 Å². The number of benzene rings is 2. The van der Waals surface area contributed by atoms with Crippen LogP contribution in [0.4, 0.5) is 0 Å². The number of unbranched alkanes of at least 4 members (excludes halogenated alkanes) is 1. The van der Waals surface area contributed by atoms with Crippen LogP contribution in [0.5, 0.6) is 17.2 Å². The summed E-state index contributed by atoms with van der Waals surface area (Å²) >= 11 is 6.02. The first-order valence-corrected chi connectivity index (χ1v) is 8.77. The van der Waals surface area contributed by atoms with Gasteiger partial charge in [-0.25, -0.2) is 0 Å². The fourth-order valence-electron chi connectivity index (χ4n) is 2.81. The van der Waals surface area contributed by atoms with Crippen molar-refractivity contribution >= 4 is 11.6 Å². The highest BCUT2D eigenvalue weighted by atomic mass is 35.5. The summed E-state index contributed by atoms with van der Waals surface area (Å²) < 4.78 is 10.8. The molecule has 1 heterocycles. The van der Waals surface area contributed by atoms with E-state index >= 15 is 0 Å². The average molecular weight is 374 g/mol. The van der Waals surface area contributed by atoms with Gasteiger partial charge in [-0.2, -0.15) is 0 Å². The molecule has 0 radical (unpaired) electrons. The van der Waals surface area contributed by atoms with Crippen LogP contribution in [0.1, 0.15) is 25.5 Å². The molecule has 0 unspecified atom stereocenters. The molecule has 0 bridgehead atoms. The molecule has 26 heavy (non-hydrogen) atoms. The Hall–Kier alpha value is -2.66. The molecule has 3 rings (SSSR count). The second-order valence-corrected chi connectivity index (χ2v) is 6.39. The van der Waals surface area contributed by atoms with Gasteiger partial charge >= 0.3 is 0 Å². The van der Waals surface area contributed by atoms with E-state index in [-0.39, 0.29) is 16.5 Å². The Kier molecular flexibility index (Phi) is 5.38. The maximum Gasteiger partial charge on any atom is 0.178 e. The van der Waals surface area contributed by atoms with Crippen LogP contribution in [0.15, 0.2) is 40.9 Å². The van der Waals surface area contributed by atoms with Gasteiger partial charge in [0.15, 0.2) is 5.76 Å². The van der Waals surface area contributed by atoms with Gasteiger partial charge in [0, 0.05) is 6.07 Å². The van der Waals surface area contributed by atoms with Gasteiger partial charge in [0.2, 0.25) is 0 Å². The normalized spacial score (nSPS) is 10.9. The monoisotopic (exact) mass is 373 g/mol. The molecule has 0 amide bonds. The zero-order chi connectivity index (χ0) is 18.7. The number of phenols is 2. The SMILES string of the molecule is CCCCc1noc(-c2cc(Cl)c(O)cc2O)c1-c1ccc(OC)cc1. The molecule has 0 aliphatic carbocycles. The number of rotatable bonds is 6. The Balaban J connectivity index is 2.16. The van der Waals surface area contributed by atoms with E-state index in [2.05, 4.69) is 12.1 Å². The molecule has 0 aliphatic rings. The van der Waals surface area contributed by atoms with Crippen LogP contribution < -0.4 is 4.74 Å². The number of phenolic OH excluding ortho intramolecular Hbond substituents is 2. The van der Waals surface area contributed by atoms with Gasteiger partial charge in [-0.15, -0.1) is 0 Å². The molecule has 0 atom stereocenters. The van der Waals surface area contributed by atoms with Crippen LogP contribution >= 0.6 is 11.6 Å². The van der Waals surface area contributed by atoms with Crippen molar-refractivity contribution in [3.8, 4) is 39.7 Å². The van der Waals surface area contributed by atoms with Crippen molar-refractivity contribution in [1.82, 2.24) is 5.16 Å². The van der Waals surface area contributed by atoms with Gasteiger partial charge in [0.1, 0.15) is 17.2 Å². The smallest absolute Gasteiger partial charge is 0.178 e. The molecule has 0 fully saturated rings. The van der Waals surface area contributed by atoms with Gasteiger partial charge in [-0.3, -0.25) is 0 Å². The van der Waals surface area contributed by atoms with Crippen molar-refractivity contribution in [2.75, 3.05) is 7.11 Å². The number of aromatic hydroxyl groups is 2. The van der Waals surface area contributed by atoms with Crippen molar-refractivity contribution in [1.29, 1.82) is 0 Å². The van der Waals surface area contributed by atoms with Crippen molar-refractivity contribution in [2.45, 2.75) is 26.2 Å². The highest BCUT2D eigenvalue weighted by Gasteiger charge is 2.22. The van der Waals surface area contributed by atoms with E-state index in [4.69, 9.17) is 20.9 Å². The topological polar surface area (TPSA) is 75.7 Å². The van der Waals surface area contributed by atoms with E-state index < -0.39 is 0 Å². The first-order chi connectivity index (χ1) is 12.5. The van der Waals surface area contributed by atoms with Crippen molar-refractivity contribution in [3.63, 3.8) is 0 Å². The minimum absolute atomic E-state index is 0.125. The molecule has 5 nitrogen and oxygen atoms in total. The number of aromatic nitrogens is 1. The zero-order valence-corrected chi connectivity index (χ0v) is 15.4. The highest BCUT2D eigenvalue weighted by Crippen LogP contribution is 2.43. The summed E-state index contributed by atoms with van der Waals surface area (Å²) in [5.41, 5.74) is 2.90.